The summed E-state index contributed by atoms with van der Waals surface area (Å²) in [6, 6.07) is 2.29. The zero-order chi connectivity index (χ0) is 44.7. The van der Waals surface area contributed by atoms with Gasteiger partial charge in [-0.15, -0.1) is 0 Å². The third kappa shape index (κ3) is 9.18. The van der Waals surface area contributed by atoms with Gasteiger partial charge in [0, 0.05) is 0 Å². The topological polar surface area (TPSA) is 453 Å². The maximum Gasteiger partial charge on any atom is 0.295 e. The van der Waals surface area contributed by atoms with Gasteiger partial charge in [0.05, 0.1) is 43.0 Å². The lowest BCUT2D eigenvalue weighted by Crippen LogP contribution is -2.83. The molecule has 0 aromatic heterocycles. The molecule has 2 unspecified atom stereocenters. The summed E-state index contributed by atoms with van der Waals surface area (Å²) in [6.07, 6.45) is -19.5. The second-order valence-electron chi connectivity index (χ2n) is 13.9. The number of carbonyl (C=O) groups is 2. The van der Waals surface area contributed by atoms with E-state index in [0.717, 1.165) is 48.5 Å². The molecule has 3 fully saturated rings. The Kier molecular flexibility index (Phi) is 14.4. The van der Waals surface area contributed by atoms with E-state index in [0.29, 0.717) is 0 Å². The van der Waals surface area contributed by atoms with E-state index in [1.165, 1.54) is 0 Å². The first-order valence-electron chi connectivity index (χ1n) is 17.6. The Morgan fingerprint density at radius 2 is 1.18 bits per heavy atom. The first-order chi connectivity index (χ1) is 28.0. The number of aliphatic hydroxyl groups excluding tert-OH is 8. The fourth-order valence-electron chi connectivity index (χ4n) is 6.83. The van der Waals surface area contributed by atoms with Crippen molar-refractivity contribution in [3.8, 4) is 0 Å². The lowest BCUT2D eigenvalue weighted by atomic mass is 9.89. The molecule has 5 rings (SSSR count). The van der Waals surface area contributed by atoms with E-state index in [1.54, 1.807) is 0 Å². The van der Waals surface area contributed by atoms with Crippen LogP contribution < -0.4 is 27.8 Å². The van der Waals surface area contributed by atoms with Gasteiger partial charge >= 0.3 is 0 Å². The second-order valence-corrected chi connectivity index (χ2v) is 16.7. The molecule has 0 bridgehead atoms. The molecule has 3 aliphatic heterocycles. The van der Waals surface area contributed by atoms with Crippen molar-refractivity contribution in [3.63, 3.8) is 0 Å². The maximum absolute atomic E-state index is 14.0. The van der Waals surface area contributed by atoms with Crippen LogP contribution in [0, 0.1) is 0 Å². The molecule has 2 amide bonds. The molecule has 15 atom stereocenters. The van der Waals surface area contributed by atoms with Gasteiger partial charge in [-0.1, -0.05) is 24.3 Å². The number of nitrogens with two attached hydrogens (primary N) is 3. The molecule has 3 aliphatic rings. The van der Waals surface area contributed by atoms with Crippen LogP contribution >= 0.6 is 0 Å². The van der Waals surface area contributed by atoms with Crippen LogP contribution in [0.3, 0.4) is 0 Å². The zero-order valence-electron chi connectivity index (χ0n) is 30.8. The van der Waals surface area contributed by atoms with Crippen LogP contribution in [0.25, 0.3) is 0 Å². The van der Waals surface area contributed by atoms with E-state index in [9.17, 15) is 76.4 Å². The van der Waals surface area contributed by atoms with Crippen molar-refractivity contribution in [1.29, 1.82) is 0 Å². The van der Waals surface area contributed by atoms with Gasteiger partial charge in [-0.05, 0) is 24.3 Å². The summed E-state index contributed by atoms with van der Waals surface area (Å²) in [5.41, 5.74) is 13.5. The SMILES string of the molecule is N[C@H]1[C@H](OC2[C@@H](CO)O[C@@H](O)[C@H](N)[C@H]2O)O[C@H](CO)C(O[C@]2(NC(=O)c3ccccc3S(=O)(=O)O)O[C@@](CO)(NC(=O)c3ccccc3S(=O)(=O)O)[C@@H](O)[C@H](O)[C@H]2N)[C@@H]1O. The van der Waals surface area contributed by atoms with Gasteiger partial charge in [-0.25, -0.2) is 0 Å². The van der Waals surface area contributed by atoms with E-state index in [2.05, 4.69) is 0 Å². The minimum absolute atomic E-state index is 0.797. The van der Waals surface area contributed by atoms with Crippen molar-refractivity contribution in [1.82, 2.24) is 10.6 Å². The fourth-order valence-corrected chi connectivity index (χ4v) is 8.21. The van der Waals surface area contributed by atoms with Crippen LogP contribution in [0.2, 0.25) is 0 Å². The molecule has 0 aliphatic carbocycles. The fraction of sp³-hybridized carbons (Fsp3) is 0.562. The molecule has 336 valence electrons. The van der Waals surface area contributed by atoms with Crippen molar-refractivity contribution < 1.29 is 100 Å². The van der Waals surface area contributed by atoms with Crippen molar-refractivity contribution in [2.24, 2.45) is 17.2 Å². The van der Waals surface area contributed by atoms with Crippen molar-refractivity contribution in [2.75, 3.05) is 19.8 Å². The predicted molar refractivity (Wildman–Crippen MR) is 192 cm³/mol. The van der Waals surface area contributed by atoms with Crippen molar-refractivity contribution in [3.05, 3.63) is 59.7 Å². The molecule has 0 spiro atoms. The summed E-state index contributed by atoms with van der Waals surface area (Å²) in [4.78, 5) is 25.7. The molecule has 3 heterocycles. The summed E-state index contributed by atoms with van der Waals surface area (Å²) in [7, 11) is -10.3. The third-order valence-corrected chi connectivity index (χ3v) is 11.9. The summed E-state index contributed by atoms with van der Waals surface area (Å²) >= 11 is 0. The third-order valence-electron chi connectivity index (χ3n) is 10.0. The van der Waals surface area contributed by atoms with Crippen molar-refractivity contribution in [2.45, 2.75) is 101 Å². The Morgan fingerprint density at radius 1 is 0.700 bits per heavy atom. The first kappa shape index (κ1) is 47.6. The number of nitrogens with one attached hydrogen (secondary N) is 2. The molecular formula is C32H45N5O21S2. The highest BCUT2D eigenvalue weighted by atomic mass is 32.2. The average molecular weight is 900 g/mol. The summed E-state index contributed by atoms with van der Waals surface area (Å²) in [5, 5.41) is 90.1. The molecule has 2 aromatic carbocycles. The highest BCUT2D eigenvalue weighted by Gasteiger charge is 2.64. The molecule has 0 radical (unpaired) electrons. The quantitative estimate of drug-likeness (QED) is 0.0656. The Morgan fingerprint density at radius 3 is 1.68 bits per heavy atom. The first-order valence-corrected chi connectivity index (χ1v) is 20.5. The molecule has 18 N–H and O–H groups in total. The van der Waals surface area contributed by atoms with Crippen LogP contribution in [0.5, 0.6) is 0 Å². The Labute approximate surface area is 339 Å². The number of ether oxygens (including phenoxy) is 5. The lowest BCUT2D eigenvalue weighted by molar-refractivity contribution is -0.410. The molecule has 26 nitrogen and oxygen atoms in total. The van der Waals surface area contributed by atoms with Gasteiger partial charge in [-0.2, -0.15) is 16.8 Å². The molecule has 0 saturated carbocycles. The lowest BCUT2D eigenvalue weighted by Gasteiger charge is -2.56. The predicted octanol–water partition coefficient (Wildman–Crippen LogP) is -7.67. The molecule has 60 heavy (non-hydrogen) atoms. The normalized spacial score (nSPS) is 37.6. The van der Waals surface area contributed by atoms with Crippen molar-refractivity contribution >= 4 is 32.1 Å². The van der Waals surface area contributed by atoms with Crippen LogP contribution in [-0.2, 0) is 43.9 Å². The van der Waals surface area contributed by atoms with Gasteiger partial charge in [0.1, 0.15) is 64.7 Å². The molecular weight excluding hydrogens is 854 g/mol. The molecule has 3 saturated heterocycles. The van der Waals surface area contributed by atoms with Crippen LogP contribution in [0.4, 0.5) is 0 Å². The maximum atomic E-state index is 14.0. The Hall–Kier alpha value is -3.44. The highest BCUT2D eigenvalue weighted by molar-refractivity contribution is 7.86. The van der Waals surface area contributed by atoms with Gasteiger partial charge in [0.25, 0.3) is 38.0 Å². The summed E-state index contributed by atoms with van der Waals surface area (Å²) in [6.45, 7) is -3.57. The van der Waals surface area contributed by atoms with Gasteiger partial charge in [0.2, 0.25) is 0 Å². The summed E-state index contributed by atoms with van der Waals surface area (Å²) < 4.78 is 96.9. The average Bonchev–Trinajstić information content (AvgIpc) is 3.20. The second kappa shape index (κ2) is 18.1. The van der Waals surface area contributed by atoms with E-state index < -0.39 is 164 Å². The number of amides is 2. The monoisotopic (exact) mass is 899 g/mol. The van der Waals surface area contributed by atoms with Crippen LogP contribution in [-0.4, -0.2) is 190 Å². The molecule has 2 aromatic rings. The van der Waals surface area contributed by atoms with Gasteiger partial charge in [-0.3, -0.25) is 28.7 Å². The van der Waals surface area contributed by atoms with E-state index in [4.69, 9.17) is 40.9 Å². The van der Waals surface area contributed by atoms with Crippen LogP contribution in [0.15, 0.2) is 58.3 Å². The molecule has 28 heteroatoms. The number of rotatable bonds is 13. The van der Waals surface area contributed by atoms with Gasteiger partial charge < -0.3 is 82.3 Å². The number of hydrogen-bond donors (Lipinski definition) is 15. The zero-order valence-corrected chi connectivity index (χ0v) is 32.4. The highest BCUT2D eigenvalue weighted by Crippen LogP contribution is 2.38. The smallest absolute Gasteiger partial charge is 0.295 e. The minimum atomic E-state index is -5.17. The Bertz CT molecular complexity index is 2100. The van der Waals surface area contributed by atoms with Gasteiger partial charge in [0.15, 0.2) is 18.3 Å². The number of hydrogen-bond acceptors (Lipinski definition) is 22. The van der Waals surface area contributed by atoms with E-state index in [1.807, 2.05) is 10.6 Å². The van der Waals surface area contributed by atoms with E-state index >= 15 is 0 Å². The Balaban J connectivity index is 1.59. The number of aliphatic hydroxyl groups is 8. The number of benzene rings is 2. The minimum Gasteiger partial charge on any atom is -0.394 e. The number of carbonyl (C=O) groups excluding carboxylic acids is 2. The largest absolute Gasteiger partial charge is 0.394 e. The summed E-state index contributed by atoms with van der Waals surface area (Å²) in [5.74, 6) is -6.42. The van der Waals surface area contributed by atoms with E-state index in [-0.39, 0.29) is 0 Å². The van der Waals surface area contributed by atoms with Crippen LogP contribution in [0.1, 0.15) is 20.7 Å². The standard InChI is InChI=1S/C32H45N5O21S2/c33-18-20(41)23(14(9-38)54-29(18)47)56-30-19(34)21(42)24(15(10-39)55-30)57-32(37-28(46)13-6-2-4-8-17(13)60(51,52)53)25(35)22(43)26(44)31(11-40,58-32)36-27(45)12-5-1-3-7-16(12)59(48,49)50/h1-8,14-15,18-26,29-30,38-44,47H,9-11,33-35H2,(H,36,45)(H,37,46)(H,48,49,50)(H,51,52,53)/t14-,15-,18-,19-,20-,21-,22-,23?,24?,25-,26+,29-,30+,31-,32+/m1/s1.